The van der Waals surface area contributed by atoms with Crippen molar-refractivity contribution in [2.24, 2.45) is 0 Å². The van der Waals surface area contributed by atoms with Crippen LogP contribution in [-0.2, 0) is 17.8 Å². The van der Waals surface area contributed by atoms with Gasteiger partial charge in [-0.1, -0.05) is 23.9 Å². The number of fused-ring (bicyclic) bond motifs is 1. The predicted molar refractivity (Wildman–Crippen MR) is 118 cm³/mol. The van der Waals surface area contributed by atoms with Gasteiger partial charge in [0.2, 0.25) is 0 Å². The second-order valence-electron chi connectivity index (χ2n) is 7.19. The molecule has 6 nitrogen and oxygen atoms in total. The molecule has 0 spiro atoms. The van der Waals surface area contributed by atoms with Crippen molar-refractivity contribution in [3.63, 3.8) is 0 Å². The zero-order valence-corrected chi connectivity index (χ0v) is 18.2. The average molecular weight is 424 g/mol. The summed E-state index contributed by atoms with van der Waals surface area (Å²) in [6.45, 7) is 5.92. The number of rotatable bonds is 9. The number of carbonyl (C=O) groups excluding carboxylic acids is 1. The zero-order chi connectivity index (χ0) is 21.1. The van der Waals surface area contributed by atoms with E-state index in [9.17, 15) is 4.79 Å². The van der Waals surface area contributed by atoms with E-state index in [1.165, 1.54) is 11.8 Å². The van der Waals surface area contributed by atoms with Crippen LogP contribution in [0.15, 0.2) is 58.3 Å². The highest BCUT2D eigenvalue weighted by atomic mass is 32.2. The molecule has 0 unspecified atom stereocenters. The topological polar surface area (TPSA) is 62.2 Å². The molecule has 0 fully saturated rings. The van der Waals surface area contributed by atoms with E-state index in [0.717, 1.165) is 38.9 Å². The number of benzene rings is 1. The first-order valence-electron chi connectivity index (χ1n) is 9.87. The SMILES string of the molecule is COCCn1c(SCC(=O)c2cc(C)n(Cc3ccco3)c2C)nc2ccccc21. The second kappa shape index (κ2) is 8.93. The Morgan fingerprint density at radius 1 is 1.17 bits per heavy atom. The first kappa shape index (κ1) is 20.5. The van der Waals surface area contributed by atoms with E-state index >= 15 is 0 Å². The molecule has 0 aliphatic rings. The smallest absolute Gasteiger partial charge is 0.175 e. The summed E-state index contributed by atoms with van der Waals surface area (Å²) in [5.41, 5.74) is 4.75. The molecule has 0 bridgehead atoms. The van der Waals surface area contributed by atoms with E-state index < -0.39 is 0 Å². The standard InChI is InChI=1S/C23H25N3O3S/c1-16-13-19(17(2)26(16)14-18-7-6-11-29-18)22(27)15-30-23-24-20-8-4-5-9-21(20)25(23)10-12-28-3/h4-9,11,13H,10,12,14-15H2,1-3H3. The molecule has 0 saturated carbocycles. The Balaban J connectivity index is 1.53. The second-order valence-corrected chi connectivity index (χ2v) is 8.13. The molecule has 0 atom stereocenters. The number of hydrogen-bond acceptors (Lipinski definition) is 5. The molecule has 0 N–H and O–H groups in total. The molecule has 0 saturated heterocycles. The Morgan fingerprint density at radius 2 is 2.00 bits per heavy atom. The van der Waals surface area contributed by atoms with Gasteiger partial charge < -0.3 is 18.3 Å². The molecule has 0 amide bonds. The third-order valence-corrected chi connectivity index (χ3v) is 6.22. The zero-order valence-electron chi connectivity index (χ0n) is 17.4. The fourth-order valence-corrected chi connectivity index (χ4v) is 4.58. The number of thioether (sulfide) groups is 1. The first-order valence-corrected chi connectivity index (χ1v) is 10.9. The number of carbonyl (C=O) groups is 1. The van der Waals surface area contributed by atoms with Crippen LogP contribution >= 0.6 is 11.8 Å². The fraction of sp³-hybridized carbons (Fsp3) is 0.304. The summed E-state index contributed by atoms with van der Waals surface area (Å²) in [6.07, 6.45) is 1.67. The van der Waals surface area contributed by atoms with Crippen LogP contribution in [0.1, 0.15) is 27.5 Å². The summed E-state index contributed by atoms with van der Waals surface area (Å²) in [5, 5.41) is 0.839. The highest BCUT2D eigenvalue weighted by molar-refractivity contribution is 7.99. The Labute approximate surface area is 179 Å². The van der Waals surface area contributed by atoms with E-state index in [1.54, 1.807) is 13.4 Å². The summed E-state index contributed by atoms with van der Waals surface area (Å²) >= 11 is 1.47. The maximum Gasteiger partial charge on any atom is 0.175 e. The van der Waals surface area contributed by atoms with Crippen molar-refractivity contribution >= 4 is 28.6 Å². The van der Waals surface area contributed by atoms with Crippen LogP contribution in [0.4, 0.5) is 0 Å². The summed E-state index contributed by atoms with van der Waals surface area (Å²) < 4.78 is 15.0. The predicted octanol–water partition coefficient (Wildman–Crippen LogP) is 4.72. The summed E-state index contributed by atoms with van der Waals surface area (Å²) in [4.78, 5) is 17.8. The third kappa shape index (κ3) is 4.08. The van der Waals surface area contributed by atoms with Crippen molar-refractivity contribution in [1.29, 1.82) is 0 Å². The van der Waals surface area contributed by atoms with Gasteiger partial charge in [-0.3, -0.25) is 4.79 Å². The molecule has 3 aromatic heterocycles. The fourth-order valence-electron chi connectivity index (χ4n) is 3.66. The van der Waals surface area contributed by atoms with Gasteiger partial charge in [0, 0.05) is 30.6 Å². The molecule has 4 aromatic rings. The number of Topliss-reactive ketones (excluding diaryl/α,β-unsaturated/α-hetero) is 1. The molecular weight excluding hydrogens is 398 g/mol. The van der Waals surface area contributed by atoms with Gasteiger partial charge in [0.25, 0.3) is 0 Å². The van der Waals surface area contributed by atoms with Crippen molar-refractivity contribution in [3.8, 4) is 0 Å². The number of ether oxygens (including phenoxy) is 1. The van der Waals surface area contributed by atoms with E-state index in [4.69, 9.17) is 14.1 Å². The Morgan fingerprint density at radius 3 is 2.77 bits per heavy atom. The summed E-state index contributed by atoms with van der Waals surface area (Å²) in [6, 6.07) is 13.8. The molecule has 30 heavy (non-hydrogen) atoms. The van der Waals surface area contributed by atoms with E-state index in [0.29, 0.717) is 25.4 Å². The van der Waals surface area contributed by atoms with Crippen LogP contribution in [-0.4, -0.2) is 39.4 Å². The molecule has 0 aliphatic carbocycles. The van der Waals surface area contributed by atoms with Crippen LogP contribution in [0, 0.1) is 13.8 Å². The van der Waals surface area contributed by atoms with Gasteiger partial charge in [-0.2, -0.15) is 0 Å². The largest absolute Gasteiger partial charge is 0.467 e. The van der Waals surface area contributed by atoms with Gasteiger partial charge in [-0.15, -0.1) is 0 Å². The quantitative estimate of drug-likeness (QED) is 0.288. The van der Waals surface area contributed by atoms with Crippen molar-refractivity contribution in [3.05, 3.63) is 71.4 Å². The number of methoxy groups -OCH3 is 1. The minimum absolute atomic E-state index is 0.101. The normalized spacial score (nSPS) is 11.4. The highest BCUT2D eigenvalue weighted by Crippen LogP contribution is 2.26. The van der Waals surface area contributed by atoms with Crippen molar-refractivity contribution in [2.45, 2.75) is 32.1 Å². The highest BCUT2D eigenvalue weighted by Gasteiger charge is 2.18. The van der Waals surface area contributed by atoms with Gasteiger partial charge in [0.05, 0.1) is 36.2 Å². The number of hydrogen-bond donors (Lipinski definition) is 0. The van der Waals surface area contributed by atoms with Gasteiger partial charge in [0.15, 0.2) is 10.9 Å². The monoisotopic (exact) mass is 423 g/mol. The van der Waals surface area contributed by atoms with E-state index in [-0.39, 0.29) is 5.78 Å². The lowest BCUT2D eigenvalue weighted by Crippen LogP contribution is -2.09. The van der Waals surface area contributed by atoms with Gasteiger partial charge >= 0.3 is 0 Å². The molecule has 4 rings (SSSR count). The molecular formula is C23H25N3O3S. The van der Waals surface area contributed by atoms with Gasteiger partial charge in [-0.05, 0) is 44.2 Å². The summed E-state index contributed by atoms with van der Waals surface area (Å²) in [5.74, 6) is 1.31. The van der Waals surface area contributed by atoms with Crippen molar-refractivity contribution < 1.29 is 13.9 Å². The van der Waals surface area contributed by atoms with E-state index in [2.05, 4.69) is 9.13 Å². The summed E-state index contributed by atoms with van der Waals surface area (Å²) in [7, 11) is 1.69. The van der Waals surface area contributed by atoms with Crippen LogP contribution in [0.2, 0.25) is 0 Å². The van der Waals surface area contributed by atoms with Crippen molar-refractivity contribution in [2.75, 3.05) is 19.5 Å². The lowest BCUT2D eigenvalue weighted by molar-refractivity contribution is 0.102. The molecule has 0 aliphatic heterocycles. The minimum atomic E-state index is 0.101. The maximum atomic E-state index is 13.0. The Kier molecular flexibility index (Phi) is 6.11. The number of aryl methyl sites for hydroxylation is 1. The lowest BCUT2D eigenvalue weighted by atomic mass is 10.2. The Hall–Kier alpha value is -2.77. The van der Waals surface area contributed by atoms with Gasteiger partial charge in [-0.25, -0.2) is 4.98 Å². The van der Waals surface area contributed by atoms with Crippen LogP contribution in [0.25, 0.3) is 11.0 Å². The number of nitrogens with zero attached hydrogens (tertiary/aromatic N) is 3. The van der Waals surface area contributed by atoms with Crippen LogP contribution < -0.4 is 0 Å². The number of para-hydroxylation sites is 2. The number of ketones is 1. The average Bonchev–Trinajstić information content (AvgIpc) is 3.45. The number of aromatic nitrogens is 3. The Bertz CT molecular complexity index is 1160. The molecule has 7 heteroatoms. The lowest BCUT2D eigenvalue weighted by Gasteiger charge is -2.09. The van der Waals surface area contributed by atoms with Crippen LogP contribution in [0.5, 0.6) is 0 Å². The van der Waals surface area contributed by atoms with Crippen molar-refractivity contribution in [1.82, 2.24) is 14.1 Å². The van der Waals surface area contributed by atoms with Gasteiger partial charge in [0.1, 0.15) is 5.76 Å². The third-order valence-electron chi connectivity index (χ3n) is 5.24. The molecule has 1 aromatic carbocycles. The number of imidazole rings is 1. The minimum Gasteiger partial charge on any atom is -0.467 e. The first-order chi connectivity index (χ1) is 14.6. The molecule has 0 radical (unpaired) electrons. The van der Waals surface area contributed by atoms with Crippen LogP contribution in [0.3, 0.4) is 0 Å². The van der Waals surface area contributed by atoms with E-state index in [1.807, 2.05) is 56.3 Å². The molecule has 3 heterocycles. The number of furan rings is 1. The maximum absolute atomic E-state index is 13.0. The molecule has 156 valence electrons.